The summed E-state index contributed by atoms with van der Waals surface area (Å²) in [7, 11) is 1.57. The Hall–Kier alpha value is -3.27. The Balaban J connectivity index is 2.07. The minimum atomic E-state index is -2.72. The minimum absolute atomic E-state index is 0.0549. The van der Waals surface area contributed by atoms with Crippen molar-refractivity contribution in [2.24, 2.45) is 16.5 Å². The van der Waals surface area contributed by atoms with Crippen molar-refractivity contribution in [3.05, 3.63) is 46.3 Å². The number of anilines is 1. The number of benzene rings is 1. The highest BCUT2D eigenvalue weighted by atomic mass is 19.3. The Morgan fingerprint density at radius 1 is 1.30 bits per heavy atom. The van der Waals surface area contributed by atoms with Gasteiger partial charge in [-0.05, 0) is 55.5 Å². The van der Waals surface area contributed by atoms with Crippen LogP contribution < -0.4 is 21.7 Å². The molecule has 1 unspecified atom stereocenters. The molecule has 0 radical (unpaired) electrons. The van der Waals surface area contributed by atoms with Crippen LogP contribution in [0.15, 0.2) is 34.6 Å². The van der Waals surface area contributed by atoms with E-state index in [0.29, 0.717) is 61.4 Å². The molecule has 202 valence electrons. The molecule has 37 heavy (non-hydrogen) atoms. The van der Waals surface area contributed by atoms with Crippen molar-refractivity contribution < 1.29 is 13.6 Å². The molecule has 0 spiro atoms. The zero-order valence-corrected chi connectivity index (χ0v) is 22.0. The number of amidine groups is 1. The number of hydrogen-bond donors (Lipinski definition) is 4. The van der Waals surface area contributed by atoms with E-state index in [1.165, 1.54) is 25.4 Å². The van der Waals surface area contributed by atoms with Gasteiger partial charge in [0.1, 0.15) is 5.84 Å². The molecule has 1 aromatic carbocycles. The van der Waals surface area contributed by atoms with Gasteiger partial charge in [0.05, 0.1) is 6.54 Å². The van der Waals surface area contributed by atoms with E-state index in [1.54, 1.807) is 22.9 Å². The first-order valence-electron chi connectivity index (χ1n) is 12.9. The molecule has 1 atom stereocenters. The summed E-state index contributed by atoms with van der Waals surface area (Å²) < 4.78 is 28.4. The van der Waals surface area contributed by atoms with Crippen molar-refractivity contribution in [1.82, 2.24) is 10.2 Å². The van der Waals surface area contributed by atoms with E-state index in [9.17, 15) is 19.0 Å². The van der Waals surface area contributed by atoms with Crippen molar-refractivity contribution in [2.75, 3.05) is 38.1 Å². The lowest BCUT2D eigenvalue weighted by molar-refractivity contribution is -0.128. The summed E-state index contributed by atoms with van der Waals surface area (Å²) in [4.78, 5) is 19.7. The van der Waals surface area contributed by atoms with Gasteiger partial charge in [-0.15, -0.1) is 0 Å². The second-order valence-corrected chi connectivity index (χ2v) is 9.46. The third kappa shape index (κ3) is 6.36. The quantitative estimate of drug-likeness (QED) is 0.296. The second-order valence-electron chi connectivity index (χ2n) is 9.46. The number of fused-ring (bicyclic) bond motifs is 1. The molecule has 2 heterocycles. The molecular weight excluding hydrogens is 476 g/mol. The molecular formula is C27H39F2N7O. The van der Waals surface area contributed by atoms with E-state index in [-0.39, 0.29) is 23.3 Å². The van der Waals surface area contributed by atoms with Crippen molar-refractivity contribution in [3.8, 4) is 0 Å². The van der Waals surface area contributed by atoms with E-state index in [2.05, 4.69) is 17.2 Å². The standard InChI is InChI=1S/C27H39F2N7O/c1-4-20(7-9-30)34-24-8-11-35(17(2)37)16-23(24)27(32)36-10-5-6-18-12-21(19(14-31)15-33-3)22(26(28)29)13-25(18)36/h12-15,20,26,32,34H,4-11,16,30-31H2,1-3H3. The molecule has 10 heteroatoms. The van der Waals surface area contributed by atoms with Crippen molar-refractivity contribution in [1.29, 1.82) is 5.41 Å². The number of aliphatic imine (C=N–C) groups is 1. The van der Waals surface area contributed by atoms with Crippen LogP contribution in [0.1, 0.15) is 62.6 Å². The minimum Gasteiger partial charge on any atom is -0.404 e. The molecule has 3 rings (SSSR count). The predicted octanol–water partition coefficient (Wildman–Crippen LogP) is 3.58. The van der Waals surface area contributed by atoms with Gasteiger partial charge in [-0.2, -0.15) is 0 Å². The monoisotopic (exact) mass is 515 g/mol. The maximum Gasteiger partial charge on any atom is 0.264 e. The van der Waals surface area contributed by atoms with Crippen LogP contribution in [0, 0.1) is 5.41 Å². The largest absolute Gasteiger partial charge is 0.404 e. The number of halogens is 2. The van der Waals surface area contributed by atoms with E-state index in [4.69, 9.17) is 11.5 Å². The first kappa shape index (κ1) is 28.3. The fraction of sp³-hybridized carbons (Fsp3) is 0.519. The van der Waals surface area contributed by atoms with Crippen LogP contribution in [0.25, 0.3) is 5.57 Å². The molecule has 2 aliphatic rings. The van der Waals surface area contributed by atoms with Crippen LogP contribution in [0.3, 0.4) is 0 Å². The Morgan fingerprint density at radius 3 is 2.65 bits per heavy atom. The highest BCUT2D eigenvalue weighted by Gasteiger charge is 2.31. The average molecular weight is 516 g/mol. The van der Waals surface area contributed by atoms with Crippen LogP contribution in [0.4, 0.5) is 14.5 Å². The number of amides is 1. The summed E-state index contributed by atoms with van der Waals surface area (Å²) >= 11 is 0. The molecule has 2 aliphatic heterocycles. The Labute approximate surface area is 218 Å². The fourth-order valence-electron chi connectivity index (χ4n) is 5.05. The van der Waals surface area contributed by atoms with Crippen molar-refractivity contribution >= 4 is 29.2 Å². The van der Waals surface area contributed by atoms with Gasteiger partial charge in [0.2, 0.25) is 5.91 Å². The Bertz CT molecular complexity index is 1100. The van der Waals surface area contributed by atoms with Crippen LogP contribution in [-0.4, -0.2) is 62.1 Å². The molecule has 8 nitrogen and oxygen atoms in total. The van der Waals surface area contributed by atoms with Gasteiger partial charge in [-0.1, -0.05) is 6.92 Å². The summed E-state index contributed by atoms with van der Waals surface area (Å²) in [5, 5.41) is 12.8. The zero-order chi connectivity index (χ0) is 27.1. The summed E-state index contributed by atoms with van der Waals surface area (Å²) in [5.74, 6) is 0.176. The lowest BCUT2D eigenvalue weighted by Gasteiger charge is -2.38. The van der Waals surface area contributed by atoms with Crippen LogP contribution in [0.5, 0.6) is 0 Å². The third-order valence-electron chi connectivity index (χ3n) is 7.10. The van der Waals surface area contributed by atoms with Crippen LogP contribution in [-0.2, 0) is 11.2 Å². The highest BCUT2D eigenvalue weighted by molar-refractivity contribution is 6.12. The number of carbonyl (C=O) groups is 1. The predicted molar refractivity (Wildman–Crippen MR) is 146 cm³/mol. The number of nitrogens with two attached hydrogens (primary N) is 2. The first-order chi connectivity index (χ1) is 17.7. The number of nitrogens with one attached hydrogen (secondary N) is 2. The van der Waals surface area contributed by atoms with Gasteiger partial charge in [-0.3, -0.25) is 15.2 Å². The van der Waals surface area contributed by atoms with Crippen molar-refractivity contribution in [3.63, 3.8) is 0 Å². The van der Waals surface area contributed by atoms with Crippen LogP contribution >= 0.6 is 0 Å². The molecule has 6 N–H and O–H groups in total. The second kappa shape index (κ2) is 12.8. The van der Waals surface area contributed by atoms with E-state index in [1.807, 2.05) is 0 Å². The lowest BCUT2D eigenvalue weighted by atomic mass is 9.91. The lowest BCUT2D eigenvalue weighted by Crippen LogP contribution is -2.46. The van der Waals surface area contributed by atoms with Gasteiger partial charge < -0.3 is 26.6 Å². The number of allylic oxidation sites excluding steroid dienone is 1. The molecule has 0 fully saturated rings. The molecule has 1 aromatic rings. The molecule has 0 saturated heterocycles. The van der Waals surface area contributed by atoms with E-state index < -0.39 is 6.43 Å². The zero-order valence-electron chi connectivity index (χ0n) is 22.0. The summed E-state index contributed by atoms with van der Waals surface area (Å²) in [5.41, 5.74) is 15.3. The Kier molecular flexibility index (Phi) is 9.79. The molecule has 0 saturated carbocycles. The summed E-state index contributed by atoms with van der Waals surface area (Å²) in [6.45, 7) is 5.55. The Morgan fingerprint density at radius 2 is 2.05 bits per heavy atom. The first-order valence-corrected chi connectivity index (χ1v) is 12.9. The van der Waals surface area contributed by atoms with Crippen molar-refractivity contribution in [2.45, 2.75) is 58.4 Å². The average Bonchev–Trinajstić information content (AvgIpc) is 2.89. The van der Waals surface area contributed by atoms with E-state index in [0.717, 1.165) is 30.5 Å². The number of rotatable bonds is 9. The van der Waals surface area contributed by atoms with Gasteiger partial charge in [0, 0.05) is 80.0 Å². The topological polar surface area (TPSA) is 124 Å². The highest BCUT2D eigenvalue weighted by Crippen LogP contribution is 2.37. The van der Waals surface area contributed by atoms with Gasteiger partial charge in [0.25, 0.3) is 6.43 Å². The van der Waals surface area contributed by atoms with E-state index >= 15 is 0 Å². The van der Waals surface area contributed by atoms with Gasteiger partial charge in [0.15, 0.2) is 0 Å². The summed E-state index contributed by atoms with van der Waals surface area (Å²) in [6, 6.07) is 3.40. The third-order valence-corrected chi connectivity index (χ3v) is 7.10. The number of nitrogens with zero attached hydrogens (tertiary/aromatic N) is 3. The van der Waals surface area contributed by atoms with Crippen LogP contribution in [0.2, 0.25) is 0 Å². The smallest absolute Gasteiger partial charge is 0.264 e. The fourth-order valence-corrected chi connectivity index (χ4v) is 5.05. The number of hydrogen-bond acceptors (Lipinski definition) is 6. The maximum absolute atomic E-state index is 14.2. The number of aryl methyl sites for hydroxylation is 1. The molecule has 1 amide bonds. The number of carbonyl (C=O) groups excluding carboxylic acids is 1. The summed E-state index contributed by atoms with van der Waals surface area (Å²) in [6.07, 6.45) is 3.78. The number of alkyl halides is 2. The SMILES string of the molecule is CCC(CCN)NC1=C(C(=N)N2CCCc3cc(C(C=NC)=CN)c(C(F)F)cc32)CN(C(C)=O)CC1. The maximum atomic E-state index is 14.2. The molecule has 0 aliphatic carbocycles. The van der Waals surface area contributed by atoms with Gasteiger partial charge >= 0.3 is 0 Å². The van der Waals surface area contributed by atoms with Gasteiger partial charge in [-0.25, -0.2) is 8.78 Å². The normalized spacial score (nSPS) is 17.4. The molecule has 0 aromatic heterocycles. The molecule has 0 bridgehead atoms.